The molecule has 0 spiro atoms. The van der Waals surface area contributed by atoms with Gasteiger partial charge in [0.25, 0.3) is 0 Å². The molecule has 0 nitrogen and oxygen atoms in total. The van der Waals surface area contributed by atoms with Crippen LogP contribution in [-0.2, 0) is 0 Å². The minimum atomic E-state index is 1.32. The normalized spacial score (nSPS) is 19.2. The van der Waals surface area contributed by atoms with Gasteiger partial charge in [-0.25, -0.2) is 0 Å². The van der Waals surface area contributed by atoms with E-state index < -0.39 is 0 Å². The molecule has 0 N–H and O–H groups in total. The Labute approximate surface area is 42.6 Å². The smallest absolute Gasteiger partial charge is 0.0140 e. The summed E-state index contributed by atoms with van der Waals surface area (Å²) in [5.74, 6) is 0. The van der Waals surface area contributed by atoms with E-state index in [0.717, 1.165) is 0 Å². The number of allylic oxidation sites excluding steroid dienone is 2. The zero-order chi connectivity index (χ0) is 4.41. The summed E-state index contributed by atoms with van der Waals surface area (Å²) < 4.78 is 0. The number of thioether (sulfide) groups is 1. The molecular formula is C5H8S. The standard InChI is InChI=1S/C5H8S/c1-6-5-3-2-4-5/h3H,2,4H2,1H3. The van der Waals surface area contributed by atoms with E-state index in [1.54, 1.807) is 4.91 Å². The van der Waals surface area contributed by atoms with Crippen LogP contribution in [0.5, 0.6) is 0 Å². The third-order valence-corrected chi connectivity index (χ3v) is 1.92. The van der Waals surface area contributed by atoms with Gasteiger partial charge in [0.2, 0.25) is 0 Å². The third-order valence-electron chi connectivity index (χ3n) is 1.02. The Morgan fingerprint density at radius 3 is 2.50 bits per heavy atom. The predicted molar refractivity (Wildman–Crippen MR) is 30.8 cm³/mol. The lowest BCUT2D eigenvalue weighted by Crippen LogP contribution is -1.85. The van der Waals surface area contributed by atoms with Gasteiger partial charge in [0.15, 0.2) is 0 Å². The molecule has 34 valence electrons. The molecule has 0 heterocycles. The van der Waals surface area contributed by atoms with Gasteiger partial charge in [-0.2, -0.15) is 0 Å². The zero-order valence-corrected chi connectivity index (χ0v) is 4.72. The molecular weight excluding hydrogens is 92.1 g/mol. The Hall–Kier alpha value is 0.0900. The van der Waals surface area contributed by atoms with Crippen LogP contribution in [0.25, 0.3) is 0 Å². The SMILES string of the molecule is CSC1=CCC1. The molecule has 1 aliphatic rings. The van der Waals surface area contributed by atoms with E-state index in [-0.39, 0.29) is 0 Å². The minimum Gasteiger partial charge on any atom is -0.134 e. The fraction of sp³-hybridized carbons (Fsp3) is 0.600. The van der Waals surface area contributed by atoms with E-state index in [1.165, 1.54) is 12.8 Å². The van der Waals surface area contributed by atoms with Crippen molar-refractivity contribution in [3.63, 3.8) is 0 Å². The molecule has 1 rings (SSSR count). The maximum atomic E-state index is 2.28. The minimum absolute atomic E-state index is 1.32. The van der Waals surface area contributed by atoms with Crippen molar-refractivity contribution in [2.45, 2.75) is 12.8 Å². The summed E-state index contributed by atoms with van der Waals surface area (Å²) in [5, 5.41) is 0. The largest absolute Gasteiger partial charge is 0.134 e. The summed E-state index contributed by atoms with van der Waals surface area (Å²) in [5.41, 5.74) is 0. The molecule has 0 aromatic heterocycles. The van der Waals surface area contributed by atoms with E-state index in [0.29, 0.717) is 0 Å². The molecule has 6 heavy (non-hydrogen) atoms. The summed E-state index contributed by atoms with van der Waals surface area (Å²) in [6.45, 7) is 0. The molecule has 0 aliphatic heterocycles. The maximum Gasteiger partial charge on any atom is -0.0140 e. The first-order valence-corrected chi connectivity index (χ1v) is 3.39. The highest BCUT2D eigenvalue weighted by Gasteiger charge is 2.00. The first-order chi connectivity index (χ1) is 2.93. The van der Waals surface area contributed by atoms with Crippen LogP contribution in [0.1, 0.15) is 12.8 Å². The topological polar surface area (TPSA) is 0 Å². The van der Waals surface area contributed by atoms with Crippen LogP contribution in [0.3, 0.4) is 0 Å². The second-order valence-corrected chi connectivity index (χ2v) is 2.35. The van der Waals surface area contributed by atoms with Crippen molar-refractivity contribution in [1.29, 1.82) is 0 Å². The summed E-state index contributed by atoms with van der Waals surface area (Å²) in [7, 11) is 0. The average Bonchev–Trinajstić information content (AvgIpc) is 1.31. The molecule has 0 aromatic carbocycles. The van der Waals surface area contributed by atoms with Crippen LogP contribution >= 0.6 is 11.8 Å². The zero-order valence-electron chi connectivity index (χ0n) is 3.90. The molecule has 0 unspecified atom stereocenters. The molecule has 0 aromatic rings. The maximum absolute atomic E-state index is 2.28. The van der Waals surface area contributed by atoms with Gasteiger partial charge in [0.05, 0.1) is 0 Å². The van der Waals surface area contributed by atoms with Crippen molar-refractivity contribution in [1.82, 2.24) is 0 Å². The van der Waals surface area contributed by atoms with Crippen LogP contribution < -0.4 is 0 Å². The average molecular weight is 100 g/mol. The van der Waals surface area contributed by atoms with Crippen molar-refractivity contribution in [3.8, 4) is 0 Å². The predicted octanol–water partition coefficient (Wildman–Crippen LogP) is 2.03. The van der Waals surface area contributed by atoms with E-state index in [9.17, 15) is 0 Å². The van der Waals surface area contributed by atoms with Gasteiger partial charge in [-0.3, -0.25) is 0 Å². The van der Waals surface area contributed by atoms with Gasteiger partial charge in [0, 0.05) is 0 Å². The van der Waals surface area contributed by atoms with E-state index in [4.69, 9.17) is 0 Å². The highest BCUT2D eigenvalue weighted by molar-refractivity contribution is 8.02. The summed E-state index contributed by atoms with van der Waals surface area (Å²) in [6.07, 6.45) is 7.06. The van der Waals surface area contributed by atoms with Gasteiger partial charge in [-0.05, 0) is 24.0 Å². The van der Waals surface area contributed by atoms with E-state index >= 15 is 0 Å². The second-order valence-electron chi connectivity index (χ2n) is 1.41. The summed E-state index contributed by atoms with van der Waals surface area (Å²) >= 11 is 1.87. The first kappa shape index (κ1) is 4.25. The monoisotopic (exact) mass is 100 g/mol. The van der Waals surface area contributed by atoms with Crippen molar-refractivity contribution in [2.75, 3.05) is 6.26 Å². The second kappa shape index (κ2) is 1.69. The van der Waals surface area contributed by atoms with Gasteiger partial charge in [0.1, 0.15) is 0 Å². The number of hydrogen-bond acceptors (Lipinski definition) is 1. The van der Waals surface area contributed by atoms with Crippen LogP contribution in [0, 0.1) is 0 Å². The van der Waals surface area contributed by atoms with Crippen LogP contribution in [0.4, 0.5) is 0 Å². The Morgan fingerprint density at radius 1 is 1.83 bits per heavy atom. The molecule has 1 heteroatoms. The molecule has 0 saturated carbocycles. The van der Waals surface area contributed by atoms with Crippen molar-refractivity contribution in [3.05, 3.63) is 11.0 Å². The van der Waals surface area contributed by atoms with Gasteiger partial charge in [-0.15, -0.1) is 11.8 Å². The van der Waals surface area contributed by atoms with Gasteiger partial charge < -0.3 is 0 Å². The Balaban J connectivity index is 2.32. The quantitative estimate of drug-likeness (QED) is 0.486. The Morgan fingerprint density at radius 2 is 2.50 bits per heavy atom. The van der Waals surface area contributed by atoms with Crippen molar-refractivity contribution in [2.24, 2.45) is 0 Å². The molecule has 0 fully saturated rings. The van der Waals surface area contributed by atoms with Crippen LogP contribution in [0.2, 0.25) is 0 Å². The lowest BCUT2D eigenvalue weighted by atomic mass is 10.1. The van der Waals surface area contributed by atoms with Gasteiger partial charge >= 0.3 is 0 Å². The summed E-state index contributed by atoms with van der Waals surface area (Å²) in [6, 6.07) is 0. The highest BCUT2D eigenvalue weighted by Crippen LogP contribution is 2.26. The first-order valence-electron chi connectivity index (χ1n) is 2.16. The van der Waals surface area contributed by atoms with Crippen molar-refractivity contribution >= 4 is 11.8 Å². The number of rotatable bonds is 1. The fourth-order valence-electron chi connectivity index (χ4n) is 0.448. The Kier molecular flexibility index (Phi) is 1.20. The van der Waals surface area contributed by atoms with Gasteiger partial charge in [-0.1, -0.05) is 6.08 Å². The lowest BCUT2D eigenvalue weighted by molar-refractivity contribution is 0.942. The molecule has 0 amide bonds. The Bertz CT molecular complexity index is 74.0. The lowest BCUT2D eigenvalue weighted by Gasteiger charge is -2.08. The van der Waals surface area contributed by atoms with Crippen LogP contribution in [0.15, 0.2) is 11.0 Å². The van der Waals surface area contributed by atoms with E-state index in [1.807, 2.05) is 11.8 Å². The fourth-order valence-corrected chi connectivity index (χ4v) is 1.05. The number of hydrogen-bond donors (Lipinski definition) is 0. The summed E-state index contributed by atoms with van der Waals surface area (Å²) in [4.78, 5) is 1.56. The third kappa shape index (κ3) is 0.597. The molecule has 0 saturated heterocycles. The van der Waals surface area contributed by atoms with Crippen molar-refractivity contribution < 1.29 is 0 Å². The molecule has 0 atom stereocenters. The van der Waals surface area contributed by atoms with E-state index in [2.05, 4.69) is 12.3 Å². The molecule has 1 aliphatic carbocycles. The molecule has 0 radical (unpaired) electrons. The molecule has 0 bridgehead atoms. The highest BCUT2D eigenvalue weighted by atomic mass is 32.2. The van der Waals surface area contributed by atoms with Crippen LogP contribution in [-0.4, -0.2) is 6.26 Å².